The van der Waals surface area contributed by atoms with E-state index in [1.165, 1.54) is 16.2 Å². The van der Waals surface area contributed by atoms with Gasteiger partial charge in [-0.05, 0) is 53.6 Å². The Kier molecular flexibility index (Phi) is 6.20. The standard InChI is InChI=1S/C20H22N2O5S/c1-4-26-19(23)17-16(11-27-15-7-5-14(25-3)6-8-15)22(2)20(24)21-18(17)13-9-10-28-12-13/h5-10,12,18H,4,11H2,1-3H3,(H,21,24). The monoisotopic (exact) mass is 402 g/mol. The Balaban J connectivity index is 1.95. The number of hydrogen-bond donors (Lipinski definition) is 1. The first-order valence-corrected chi connectivity index (χ1v) is 9.72. The summed E-state index contributed by atoms with van der Waals surface area (Å²) < 4.78 is 16.2. The zero-order valence-electron chi connectivity index (χ0n) is 15.9. The van der Waals surface area contributed by atoms with Crippen LogP contribution in [0.2, 0.25) is 0 Å². The summed E-state index contributed by atoms with van der Waals surface area (Å²) in [5.41, 5.74) is 1.67. The summed E-state index contributed by atoms with van der Waals surface area (Å²) in [4.78, 5) is 26.6. The molecule has 1 atom stereocenters. The van der Waals surface area contributed by atoms with Crippen molar-refractivity contribution in [3.63, 3.8) is 0 Å². The molecule has 0 radical (unpaired) electrons. The van der Waals surface area contributed by atoms with Crippen LogP contribution in [0, 0.1) is 0 Å². The minimum atomic E-state index is -0.580. The first-order chi connectivity index (χ1) is 13.5. The molecule has 2 amide bonds. The van der Waals surface area contributed by atoms with Gasteiger partial charge in [0.25, 0.3) is 0 Å². The Hall–Kier alpha value is -3.00. The number of nitrogens with zero attached hydrogens (tertiary/aromatic N) is 1. The molecule has 7 nitrogen and oxygen atoms in total. The summed E-state index contributed by atoms with van der Waals surface area (Å²) in [6.07, 6.45) is 0. The van der Waals surface area contributed by atoms with E-state index in [-0.39, 0.29) is 19.2 Å². The number of urea groups is 1. The highest BCUT2D eigenvalue weighted by atomic mass is 32.1. The maximum absolute atomic E-state index is 12.7. The molecule has 8 heteroatoms. The normalized spacial score (nSPS) is 16.6. The molecule has 1 unspecified atom stereocenters. The second kappa shape index (κ2) is 8.79. The van der Waals surface area contributed by atoms with Crippen LogP contribution >= 0.6 is 11.3 Å². The number of ether oxygens (including phenoxy) is 3. The predicted molar refractivity (Wildman–Crippen MR) is 106 cm³/mol. The van der Waals surface area contributed by atoms with Crippen molar-refractivity contribution in [2.75, 3.05) is 27.4 Å². The molecule has 0 fully saturated rings. The Morgan fingerprint density at radius 2 is 1.93 bits per heavy atom. The lowest BCUT2D eigenvalue weighted by atomic mass is 9.97. The highest BCUT2D eigenvalue weighted by Crippen LogP contribution is 2.32. The maximum atomic E-state index is 12.7. The van der Waals surface area contributed by atoms with Crippen LogP contribution < -0.4 is 14.8 Å². The van der Waals surface area contributed by atoms with Gasteiger partial charge in [0.1, 0.15) is 18.1 Å². The van der Waals surface area contributed by atoms with Crippen LogP contribution in [0.5, 0.6) is 11.5 Å². The molecule has 0 spiro atoms. The molecule has 1 aromatic carbocycles. The number of likely N-dealkylation sites (N-methyl/N-ethyl adjacent to an activating group) is 1. The second-order valence-corrected chi connectivity index (χ2v) is 6.82. The number of esters is 1. The average molecular weight is 402 g/mol. The van der Waals surface area contributed by atoms with Gasteiger partial charge in [-0.25, -0.2) is 9.59 Å². The fourth-order valence-corrected chi connectivity index (χ4v) is 3.58. The second-order valence-electron chi connectivity index (χ2n) is 6.04. The summed E-state index contributed by atoms with van der Waals surface area (Å²) in [6.45, 7) is 2.03. The Morgan fingerprint density at radius 3 is 2.54 bits per heavy atom. The number of benzene rings is 1. The van der Waals surface area contributed by atoms with Gasteiger partial charge in [0.2, 0.25) is 0 Å². The van der Waals surface area contributed by atoms with Crippen molar-refractivity contribution in [1.29, 1.82) is 0 Å². The fourth-order valence-electron chi connectivity index (χ4n) is 2.89. The van der Waals surface area contributed by atoms with E-state index >= 15 is 0 Å². The van der Waals surface area contributed by atoms with Crippen molar-refractivity contribution in [1.82, 2.24) is 10.2 Å². The van der Waals surface area contributed by atoms with E-state index in [1.54, 1.807) is 45.3 Å². The van der Waals surface area contributed by atoms with Crippen LogP contribution in [-0.4, -0.2) is 44.3 Å². The van der Waals surface area contributed by atoms with Gasteiger partial charge in [-0.3, -0.25) is 4.90 Å². The topological polar surface area (TPSA) is 77.1 Å². The number of hydrogen-bond acceptors (Lipinski definition) is 6. The van der Waals surface area contributed by atoms with Crippen molar-refractivity contribution in [3.05, 3.63) is 57.9 Å². The molecule has 0 saturated carbocycles. The summed E-state index contributed by atoms with van der Waals surface area (Å²) in [5.74, 6) is 0.840. The molecule has 0 saturated heterocycles. The number of rotatable bonds is 7. The molecule has 1 N–H and O–H groups in total. The van der Waals surface area contributed by atoms with E-state index in [9.17, 15) is 9.59 Å². The van der Waals surface area contributed by atoms with Crippen LogP contribution in [0.25, 0.3) is 0 Å². The van der Waals surface area contributed by atoms with Gasteiger partial charge in [-0.15, -0.1) is 0 Å². The number of carbonyl (C=O) groups is 2. The van der Waals surface area contributed by atoms with E-state index in [0.717, 1.165) is 5.56 Å². The molecule has 0 aliphatic carbocycles. The van der Waals surface area contributed by atoms with Crippen LogP contribution in [0.3, 0.4) is 0 Å². The van der Waals surface area contributed by atoms with Gasteiger partial charge in [-0.1, -0.05) is 0 Å². The van der Waals surface area contributed by atoms with Crippen LogP contribution in [0.1, 0.15) is 18.5 Å². The average Bonchev–Trinajstić information content (AvgIpc) is 3.24. The minimum absolute atomic E-state index is 0.0467. The van der Waals surface area contributed by atoms with E-state index in [4.69, 9.17) is 14.2 Å². The Morgan fingerprint density at radius 1 is 1.21 bits per heavy atom. The first kappa shape index (κ1) is 19.8. The third-order valence-electron chi connectivity index (χ3n) is 4.38. The molecule has 1 aliphatic heterocycles. The summed E-state index contributed by atoms with van der Waals surface area (Å²) >= 11 is 1.49. The molecular formula is C20H22N2O5S. The van der Waals surface area contributed by atoms with E-state index in [2.05, 4.69) is 5.32 Å². The van der Waals surface area contributed by atoms with Crippen molar-refractivity contribution < 1.29 is 23.8 Å². The molecule has 0 bridgehead atoms. The number of carbonyl (C=O) groups excluding carboxylic acids is 2. The van der Waals surface area contributed by atoms with E-state index in [1.807, 2.05) is 16.8 Å². The smallest absolute Gasteiger partial charge is 0.338 e. The summed E-state index contributed by atoms with van der Waals surface area (Å²) in [7, 11) is 3.19. The molecule has 148 valence electrons. The van der Waals surface area contributed by atoms with Crippen molar-refractivity contribution >= 4 is 23.3 Å². The molecule has 28 heavy (non-hydrogen) atoms. The maximum Gasteiger partial charge on any atom is 0.338 e. The van der Waals surface area contributed by atoms with Gasteiger partial charge in [0.15, 0.2) is 0 Å². The Bertz CT molecular complexity index is 861. The van der Waals surface area contributed by atoms with E-state index in [0.29, 0.717) is 22.8 Å². The lowest BCUT2D eigenvalue weighted by Gasteiger charge is -2.34. The van der Waals surface area contributed by atoms with Crippen LogP contribution in [-0.2, 0) is 9.53 Å². The van der Waals surface area contributed by atoms with Gasteiger partial charge in [0, 0.05) is 7.05 Å². The van der Waals surface area contributed by atoms with Crippen LogP contribution in [0.15, 0.2) is 52.4 Å². The van der Waals surface area contributed by atoms with Gasteiger partial charge in [-0.2, -0.15) is 11.3 Å². The Labute approximate surface area is 167 Å². The lowest BCUT2D eigenvalue weighted by Crippen LogP contribution is -2.48. The predicted octanol–water partition coefficient (Wildman–Crippen LogP) is 3.35. The zero-order valence-corrected chi connectivity index (χ0v) is 16.7. The van der Waals surface area contributed by atoms with Crippen molar-refractivity contribution in [2.45, 2.75) is 13.0 Å². The first-order valence-electron chi connectivity index (χ1n) is 8.78. The third kappa shape index (κ3) is 4.12. The van der Waals surface area contributed by atoms with Crippen molar-refractivity contribution in [3.8, 4) is 11.5 Å². The molecule has 1 aliphatic rings. The van der Waals surface area contributed by atoms with Gasteiger partial charge in [0.05, 0.1) is 31.0 Å². The number of thiophene rings is 1. The fraction of sp³-hybridized carbons (Fsp3) is 0.300. The van der Waals surface area contributed by atoms with Crippen LogP contribution in [0.4, 0.5) is 4.79 Å². The number of methoxy groups -OCH3 is 1. The van der Waals surface area contributed by atoms with Gasteiger partial charge < -0.3 is 19.5 Å². The number of nitrogens with one attached hydrogen (secondary N) is 1. The summed E-state index contributed by atoms with van der Waals surface area (Å²) in [5, 5.41) is 6.66. The SMILES string of the molecule is CCOC(=O)C1=C(COc2ccc(OC)cc2)N(C)C(=O)NC1c1ccsc1. The highest BCUT2D eigenvalue weighted by molar-refractivity contribution is 7.08. The minimum Gasteiger partial charge on any atom is -0.497 e. The molecular weight excluding hydrogens is 380 g/mol. The largest absolute Gasteiger partial charge is 0.497 e. The third-order valence-corrected chi connectivity index (χ3v) is 5.09. The molecule has 2 aromatic rings. The molecule has 3 rings (SSSR count). The molecule has 1 aromatic heterocycles. The lowest BCUT2D eigenvalue weighted by molar-refractivity contribution is -0.139. The summed E-state index contributed by atoms with van der Waals surface area (Å²) in [6, 6.07) is 8.08. The van der Waals surface area contributed by atoms with Crippen molar-refractivity contribution in [2.24, 2.45) is 0 Å². The quantitative estimate of drug-likeness (QED) is 0.719. The molecule has 2 heterocycles. The number of amides is 2. The van der Waals surface area contributed by atoms with E-state index < -0.39 is 12.0 Å². The zero-order chi connectivity index (χ0) is 20.1. The van der Waals surface area contributed by atoms with Gasteiger partial charge >= 0.3 is 12.0 Å². The highest BCUT2D eigenvalue weighted by Gasteiger charge is 2.37.